The molecule has 2 aliphatic rings. The van der Waals surface area contributed by atoms with E-state index in [1.807, 2.05) is 47.7 Å². The Balaban J connectivity index is 1.55. The van der Waals surface area contributed by atoms with Crippen LogP contribution in [0.2, 0.25) is 0 Å². The van der Waals surface area contributed by atoms with E-state index in [9.17, 15) is 0 Å². The summed E-state index contributed by atoms with van der Waals surface area (Å²) in [5.74, 6) is 1.33. The van der Waals surface area contributed by atoms with Crippen molar-refractivity contribution in [2.45, 2.75) is 12.5 Å². The predicted octanol–water partition coefficient (Wildman–Crippen LogP) is 4.27. The van der Waals surface area contributed by atoms with E-state index in [1.165, 1.54) is 6.20 Å². The summed E-state index contributed by atoms with van der Waals surface area (Å²) in [4.78, 5) is 9.49. The molecule has 31 heavy (non-hydrogen) atoms. The highest BCUT2D eigenvalue weighted by Crippen LogP contribution is 2.35. The second kappa shape index (κ2) is 8.06. The first-order valence-corrected chi connectivity index (χ1v) is 10.1. The number of aromatic nitrogens is 2. The molecule has 0 amide bonds. The molecular weight excluding hydrogens is 392 g/mol. The van der Waals surface area contributed by atoms with Gasteiger partial charge < -0.3 is 14.0 Å². The molecule has 1 atom stereocenters. The van der Waals surface area contributed by atoms with Crippen LogP contribution in [-0.4, -0.2) is 35.7 Å². The SMILES string of the molecule is C=CN=NN1CCc2c(C3=N[C@H](c4ccccc4)CO3)ncn2-c2ccc(OC)cc21. The average Bonchev–Trinajstić information content (AvgIpc) is 3.43. The van der Waals surface area contributed by atoms with Crippen LogP contribution in [0.3, 0.4) is 0 Å². The van der Waals surface area contributed by atoms with E-state index in [1.54, 1.807) is 7.11 Å². The number of ether oxygens (including phenoxy) is 2. The number of benzene rings is 2. The lowest BCUT2D eigenvalue weighted by Gasteiger charge is -2.18. The second-order valence-electron chi connectivity index (χ2n) is 7.20. The molecule has 8 heteroatoms. The molecule has 0 fully saturated rings. The van der Waals surface area contributed by atoms with Crippen molar-refractivity contribution < 1.29 is 9.47 Å². The quantitative estimate of drug-likeness (QED) is 0.584. The Morgan fingerprint density at radius 2 is 2.06 bits per heavy atom. The first kappa shape index (κ1) is 19.0. The fourth-order valence-corrected chi connectivity index (χ4v) is 3.91. The van der Waals surface area contributed by atoms with Crippen LogP contribution in [0.4, 0.5) is 5.69 Å². The van der Waals surface area contributed by atoms with Gasteiger partial charge in [0.15, 0.2) is 0 Å². The largest absolute Gasteiger partial charge is 0.497 e. The molecule has 0 saturated heterocycles. The Labute approximate surface area is 180 Å². The van der Waals surface area contributed by atoms with Crippen molar-refractivity contribution in [2.24, 2.45) is 15.3 Å². The summed E-state index contributed by atoms with van der Waals surface area (Å²) in [6.07, 6.45) is 3.93. The van der Waals surface area contributed by atoms with Gasteiger partial charge in [0.25, 0.3) is 0 Å². The number of fused-ring (bicyclic) bond motifs is 3. The zero-order valence-corrected chi connectivity index (χ0v) is 17.2. The summed E-state index contributed by atoms with van der Waals surface area (Å²) in [5.41, 5.74) is 4.74. The fraction of sp³-hybridized carbons (Fsp3) is 0.217. The van der Waals surface area contributed by atoms with Crippen LogP contribution in [0.5, 0.6) is 5.75 Å². The lowest BCUT2D eigenvalue weighted by molar-refractivity contribution is 0.319. The highest BCUT2D eigenvalue weighted by Gasteiger charge is 2.29. The molecule has 3 heterocycles. The van der Waals surface area contributed by atoms with Crippen molar-refractivity contribution >= 4 is 11.6 Å². The molecule has 0 N–H and O–H groups in total. The van der Waals surface area contributed by atoms with E-state index in [2.05, 4.69) is 38.6 Å². The number of anilines is 1. The maximum absolute atomic E-state index is 5.97. The van der Waals surface area contributed by atoms with Gasteiger partial charge in [0.05, 0.1) is 24.2 Å². The van der Waals surface area contributed by atoms with E-state index in [0.29, 0.717) is 25.5 Å². The Hall–Kier alpha value is -3.94. The molecular formula is C23H22N6O2. The summed E-state index contributed by atoms with van der Waals surface area (Å²) in [7, 11) is 1.65. The van der Waals surface area contributed by atoms with Gasteiger partial charge in [0, 0.05) is 25.2 Å². The maximum atomic E-state index is 5.97. The summed E-state index contributed by atoms with van der Waals surface area (Å²) >= 11 is 0. The number of rotatable bonds is 5. The van der Waals surface area contributed by atoms with E-state index >= 15 is 0 Å². The molecule has 8 nitrogen and oxygen atoms in total. The first-order valence-electron chi connectivity index (χ1n) is 10.1. The van der Waals surface area contributed by atoms with Gasteiger partial charge in [-0.1, -0.05) is 42.1 Å². The Morgan fingerprint density at radius 3 is 2.87 bits per heavy atom. The normalized spacial score (nSPS) is 17.5. The third kappa shape index (κ3) is 3.46. The molecule has 156 valence electrons. The molecule has 0 unspecified atom stereocenters. The van der Waals surface area contributed by atoms with Crippen LogP contribution in [0.25, 0.3) is 5.69 Å². The van der Waals surface area contributed by atoms with Crippen LogP contribution >= 0.6 is 0 Å². The van der Waals surface area contributed by atoms with Crippen molar-refractivity contribution in [3.05, 3.63) is 84.6 Å². The van der Waals surface area contributed by atoms with Crippen molar-refractivity contribution in [3.63, 3.8) is 0 Å². The molecule has 0 bridgehead atoms. The number of nitrogens with zero attached hydrogens (tertiary/aromatic N) is 6. The monoisotopic (exact) mass is 414 g/mol. The minimum Gasteiger partial charge on any atom is -0.497 e. The van der Waals surface area contributed by atoms with Gasteiger partial charge in [-0.05, 0) is 17.7 Å². The average molecular weight is 414 g/mol. The number of hydrogen-bond acceptors (Lipinski definition) is 6. The lowest BCUT2D eigenvalue weighted by Crippen LogP contribution is -2.18. The van der Waals surface area contributed by atoms with Crippen molar-refractivity contribution in [1.29, 1.82) is 0 Å². The molecule has 0 radical (unpaired) electrons. The van der Waals surface area contributed by atoms with Crippen LogP contribution in [-0.2, 0) is 11.2 Å². The maximum Gasteiger partial charge on any atom is 0.238 e. The number of methoxy groups -OCH3 is 1. The van der Waals surface area contributed by atoms with Crippen LogP contribution < -0.4 is 9.75 Å². The number of imidazole rings is 1. The standard InChI is InChI=1S/C23H22N6O2/c1-3-25-27-29-12-11-20-22(23-26-18(14-31-23)16-7-5-4-6-8-16)24-15-28(20)19-10-9-17(30-2)13-21(19)29/h3-10,13,15,18H,1,11-12,14H2,2H3/t18-/m0/s1. The molecule has 2 aromatic carbocycles. The molecule has 3 aromatic rings. The summed E-state index contributed by atoms with van der Waals surface area (Å²) in [5, 5.41) is 10.1. The van der Waals surface area contributed by atoms with Gasteiger partial charge in [-0.25, -0.2) is 15.0 Å². The van der Waals surface area contributed by atoms with E-state index in [-0.39, 0.29) is 6.04 Å². The third-order valence-electron chi connectivity index (χ3n) is 5.43. The molecule has 0 saturated carbocycles. The molecule has 2 aliphatic heterocycles. The van der Waals surface area contributed by atoms with Gasteiger partial charge in [-0.15, -0.1) is 5.11 Å². The lowest BCUT2D eigenvalue weighted by atomic mass is 10.1. The topological polar surface area (TPSA) is 76.6 Å². The van der Waals surface area contributed by atoms with Gasteiger partial charge >= 0.3 is 0 Å². The minimum atomic E-state index is -0.0197. The van der Waals surface area contributed by atoms with Crippen molar-refractivity contribution in [3.8, 4) is 11.4 Å². The summed E-state index contributed by atoms with van der Waals surface area (Å²) in [6.45, 7) is 4.76. The predicted molar refractivity (Wildman–Crippen MR) is 118 cm³/mol. The van der Waals surface area contributed by atoms with E-state index in [0.717, 1.165) is 34.1 Å². The van der Waals surface area contributed by atoms with Gasteiger partial charge in [-0.2, -0.15) is 0 Å². The van der Waals surface area contributed by atoms with Gasteiger partial charge in [0.2, 0.25) is 5.90 Å². The minimum absolute atomic E-state index is 0.0197. The van der Waals surface area contributed by atoms with E-state index < -0.39 is 0 Å². The van der Waals surface area contributed by atoms with Crippen molar-refractivity contribution in [2.75, 3.05) is 25.3 Å². The second-order valence-corrected chi connectivity index (χ2v) is 7.20. The molecule has 5 rings (SSSR count). The third-order valence-corrected chi connectivity index (χ3v) is 5.43. The Bertz CT molecular complexity index is 1170. The summed E-state index contributed by atoms with van der Waals surface area (Å²) in [6, 6.07) is 16.0. The zero-order chi connectivity index (χ0) is 21.2. The summed E-state index contributed by atoms with van der Waals surface area (Å²) < 4.78 is 13.5. The number of hydrogen-bond donors (Lipinski definition) is 0. The molecule has 1 aromatic heterocycles. The van der Waals surface area contributed by atoms with Gasteiger partial charge in [-0.3, -0.25) is 0 Å². The first-order chi connectivity index (χ1) is 15.3. The van der Waals surface area contributed by atoms with E-state index in [4.69, 9.17) is 14.5 Å². The Morgan fingerprint density at radius 1 is 1.19 bits per heavy atom. The molecule has 0 aliphatic carbocycles. The smallest absolute Gasteiger partial charge is 0.238 e. The van der Waals surface area contributed by atoms with Crippen LogP contribution in [0.1, 0.15) is 23.0 Å². The Kier molecular flexibility index (Phi) is 4.95. The van der Waals surface area contributed by atoms with Crippen LogP contribution in [0.15, 0.2) is 83.0 Å². The highest BCUT2D eigenvalue weighted by atomic mass is 16.5. The number of aliphatic imine (C=N–C) groups is 1. The highest BCUT2D eigenvalue weighted by molar-refractivity contribution is 5.95. The molecule has 0 spiro atoms. The fourth-order valence-electron chi connectivity index (χ4n) is 3.91. The van der Waals surface area contributed by atoms with Gasteiger partial charge in [0.1, 0.15) is 30.4 Å². The van der Waals surface area contributed by atoms with Crippen molar-refractivity contribution in [1.82, 2.24) is 9.55 Å². The zero-order valence-electron chi connectivity index (χ0n) is 17.2. The van der Waals surface area contributed by atoms with Crippen LogP contribution in [0, 0.1) is 0 Å².